The van der Waals surface area contributed by atoms with E-state index < -0.39 is 0 Å². The van der Waals surface area contributed by atoms with Crippen molar-refractivity contribution in [2.45, 2.75) is 46.1 Å². The van der Waals surface area contributed by atoms with Crippen LogP contribution in [0.4, 0.5) is 0 Å². The first kappa shape index (κ1) is 11.0. The van der Waals surface area contributed by atoms with Crippen LogP contribution >= 0.6 is 0 Å². The van der Waals surface area contributed by atoms with E-state index in [1.54, 1.807) is 0 Å². The number of nitrogens with zero attached hydrogens (tertiary/aromatic N) is 1. The Kier molecular flexibility index (Phi) is 3.74. The number of β-amino-alcohol motifs (C(OH)–C–C–N with tert-alkyl or cyclic N) is 1. The predicted molar refractivity (Wildman–Crippen MR) is 55.8 cm³/mol. The second-order valence-electron chi connectivity index (χ2n) is 5.17. The molecule has 13 heavy (non-hydrogen) atoms. The molecule has 1 N–H and O–H groups in total. The van der Waals surface area contributed by atoms with Gasteiger partial charge in [-0.1, -0.05) is 13.8 Å². The lowest BCUT2D eigenvalue weighted by atomic mass is 9.85. The van der Waals surface area contributed by atoms with E-state index >= 15 is 0 Å². The Hall–Kier alpha value is -0.0800. The average Bonchev–Trinajstić information content (AvgIpc) is 2.12. The second-order valence-corrected chi connectivity index (χ2v) is 5.17. The molecule has 1 aliphatic rings. The van der Waals surface area contributed by atoms with Crippen LogP contribution in [0.5, 0.6) is 0 Å². The molecule has 1 unspecified atom stereocenters. The van der Waals surface area contributed by atoms with Gasteiger partial charge in [-0.25, -0.2) is 0 Å². The molecule has 1 fully saturated rings. The zero-order chi connectivity index (χ0) is 9.90. The zero-order valence-corrected chi connectivity index (χ0v) is 9.21. The molecule has 0 aromatic heterocycles. The Balaban J connectivity index is 2.36. The molecule has 0 aromatic rings. The van der Waals surface area contributed by atoms with Gasteiger partial charge in [0, 0.05) is 6.54 Å². The first-order chi connectivity index (χ1) is 5.99. The van der Waals surface area contributed by atoms with E-state index in [9.17, 15) is 5.11 Å². The molecule has 0 amide bonds. The Morgan fingerprint density at radius 3 is 2.62 bits per heavy atom. The molecule has 1 saturated heterocycles. The fourth-order valence-corrected chi connectivity index (χ4v) is 2.04. The monoisotopic (exact) mass is 185 g/mol. The van der Waals surface area contributed by atoms with Crippen LogP contribution in [0.3, 0.4) is 0 Å². The van der Waals surface area contributed by atoms with Crippen LogP contribution in [-0.4, -0.2) is 35.7 Å². The minimum Gasteiger partial charge on any atom is -0.392 e. The third-order valence-corrected chi connectivity index (χ3v) is 2.96. The summed E-state index contributed by atoms with van der Waals surface area (Å²) in [6, 6.07) is 0. The van der Waals surface area contributed by atoms with Crippen molar-refractivity contribution < 1.29 is 5.11 Å². The predicted octanol–water partition coefficient (Wildman–Crippen LogP) is 1.88. The highest BCUT2D eigenvalue weighted by Crippen LogP contribution is 2.29. The molecule has 78 valence electrons. The fraction of sp³-hybridized carbons (Fsp3) is 1.00. The van der Waals surface area contributed by atoms with Crippen LogP contribution in [0.2, 0.25) is 0 Å². The van der Waals surface area contributed by atoms with Gasteiger partial charge in [0.1, 0.15) is 0 Å². The van der Waals surface area contributed by atoms with Gasteiger partial charge in [-0.2, -0.15) is 0 Å². The van der Waals surface area contributed by atoms with Gasteiger partial charge in [-0.05, 0) is 44.7 Å². The summed E-state index contributed by atoms with van der Waals surface area (Å²) in [6.45, 7) is 9.72. The zero-order valence-electron chi connectivity index (χ0n) is 9.21. The number of hydrogen-bond donors (Lipinski definition) is 1. The molecule has 0 radical (unpaired) electrons. The van der Waals surface area contributed by atoms with Crippen LogP contribution < -0.4 is 0 Å². The van der Waals surface area contributed by atoms with Crippen LogP contribution in [0, 0.1) is 5.41 Å². The standard InChI is InChI=1S/C11H23NO/c1-10(13)9-12-7-4-5-11(2,3)6-8-12/h10,13H,4-9H2,1-3H3. The molecule has 0 saturated carbocycles. The highest BCUT2D eigenvalue weighted by atomic mass is 16.3. The molecule has 0 aromatic carbocycles. The van der Waals surface area contributed by atoms with E-state index in [2.05, 4.69) is 18.7 Å². The van der Waals surface area contributed by atoms with Crippen molar-refractivity contribution in [3.63, 3.8) is 0 Å². The summed E-state index contributed by atoms with van der Waals surface area (Å²) in [5.41, 5.74) is 0.507. The van der Waals surface area contributed by atoms with Crippen molar-refractivity contribution in [2.24, 2.45) is 5.41 Å². The van der Waals surface area contributed by atoms with E-state index in [1.807, 2.05) is 6.92 Å². The van der Waals surface area contributed by atoms with Crippen molar-refractivity contribution in [3.05, 3.63) is 0 Å². The van der Waals surface area contributed by atoms with Crippen LogP contribution in [0.25, 0.3) is 0 Å². The first-order valence-corrected chi connectivity index (χ1v) is 5.40. The van der Waals surface area contributed by atoms with Gasteiger partial charge in [0.2, 0.25) is 0 Å². The quantitative estimate of drug-likeness (QED) is 0.710. The van der Waals surface area contributed by atoms with Crippen molar-refractivity contribution in [2.75, 3.05) is 19.6 Å². The summed E-state index contributed by atoms with van der Waals surface area (Å²) < 4.78 is 0. The smallest absolute Gasteiger partial charge is 0.0639 e. The number of aliphatic hydroxyl groups excluding tert-OH is 1. The maximum absolute atomic E-state index is 9.28. The summed E-state index contributed by atoms with van der Waals surface area (Å²) in [5, 5.41) is 9.28. The van der Waals surface area contributed by atoms with Gasteiger partial charge in [-0.3, -0.25) is 0 Å². The SMILES string of the molecule is CC(O)CN1CCCC(C)(C)CC1. The molecule has 0 aliphatic carbocycles. The molecule has 2 nitrogen and oxygen atoms in total. The lowest BCUT2D eigenvalue weighted by molar-refractivity contribution is 0.126. The highest BCUT2D eigenvalue weighted by Gasteiger charge is 2.23. The Morgan fingerprint density at radius 1 is 1.31 bits per heavy atom. The second kappa shape index (κ2) is 4.43. The van der Waals surface area contributed by atoms with Crippen molar-refractivity contribution in [1.29, 1.82) is 0 Å². The number of likely N-dealkylation sites (tertiary alicyclic amines) is 1. The average molecular weight is 185 g/mol. The van der Waals surface area contributed by atoms with Crippen LogP contribution in [-0.2, 0) is 0 Å². The summed E-state index contributed by atoms with van der Waals surface area (Å²) in [5.74, 6) is 0. The minimum absolute atomic E-state index is 0.179. The molecule has 2 heteroatoms. The van der Waals surface area contributed by atoms with Crippen molar-refractivity contribution in [3.8, 4) is 0 Å². The molecule has 1 rings (SSSR count). The van der Waals surface area contributed by atoms with Gasteiger partial charge >= 0.3 is 0 Å². The molecule has 0 bridgehead atoms. The summed E-state index contributed by atoms with van der Waals surface area (Å²) >= 11 is 0. The maximum atomic E-state index is 9.28. The van der Waals surface area contributed by atoms with E-state index in [-0.39, 0.29) is 6.10 Å². The van der Waals surface area contributed by atoms with Crippen LogP contribution in [0.1, 0.15) is 40.0 Å². The van der Waals surface area contributed by atoms with E-state index in [0.717, 1.165) is 19.6 Å². The van der Waals surface area contributed by atoms with E-state index in [4.69, 9.17) is 0 Å². The highest BCUT2D eigenvalue weighted by molar-refractivity contribution is 4.76. The van der Waals surface area contributed by atoms with E-state index in [0.29, 0.717) is 5.41 Å². The lowest BCUT2D eigenvalue weighted by Crippen LogP contribution is -2.32. The molecular formula is C11H23NO. The van der Waals surface area contributed by atoms with Crippen LogP contribution in [0.15, 0.2) is 0 Å². The normalized spacial score (nSPS) is 26.8. The first-order valence-electron chi connectivity index (χ1n) is 5.40. The molecule has 0 spiro atoms. The molecule has 1 aliphatic heterocycles. The van der Waals surface area contributed by atoms with Gasteiger partial charge in [-0.15, -0.1) is 0 Å². The number of hydrogen-bond acceptors (Lipinski definition) is 2. The van der Waals surface area contributed by atoms with Crippen molar-refractivity contribution >= 4 is 0 Å². The Morgan fingerprint density at radius 2 is 2.00 bits per heavy atom. The Labute approximate surface area is 81.9 Å². The summed E-state index contributed by atoms with van der Waals surface area (Å²) in [4.78, 5) is 2.39. The molecule has 1 heterocycles. The maximum Gasteiger partial charge on any atom is 0.0639 e. The van der Waals surface area contributed by atoms with E-state index in [1.165, 1.54) is 19.3 Å². The lowest BCUT2D eigenvalue weighted by Gasteiger charge is -2.23. The van der Waals surface area contributed by atoms with Gasteiger partial charge in [0.05, 0.1) is 6.10 Å². The largest absolute Gasteiger partial charge is 0.392 e. The topological polar surface area (TPSA) is 23.5 Å². The van der Waals surface area contributed by atoms with Gasteiger partial charge in [0.15, 0.2) is 0 Å². The minimum atomic E-state index is -0.179. The molecule has 1 atom stereocenters. The van der Waals surface area contributed by atoms with Crippen molar-refractivity contribution in [1.82, 2.24) is 4.90 Å². The Bertz CT molecular complexity index is 154. The van der Waals surface area contributed by atoms with Gasteiger partial charge < -0.3 is 10.0 Å². The third-order valence-electron chi connectivity index (χ3n) is 2.96. The van der Waals surface area contributed by atoms with Gasteiger partial charge in [0.25, 0.3) is 0 Å². The molecular weight excluding hydrogens is 162 g/mol. The number of rotatable bonds is 2. The number of aliphatic hydroxyl groups is 1. The summed E-state index contributed by atoms with van der Waals surface area (Å²) in [6.07, 6.45) is 3.68. The third kappa shape index (κ3) is 4.10. The summed E-state index contributed by atoms with van der Waals surface area (Å²) in [7, 11) is 0. The fourth-order valence-electron chi connectivity index (χ4n) is 2.04.